The molecular weight excluding hydrogens is 440 g/mol. The number of carbonyl (C=O) groups excluding carboxylic acids is 1. The average Bonchev–Trinajstić information content (AvgIpc) is 3.19. The minimum absolute atomic E-state index is 0.0945. The van der Waals surface area contributed by atoms with E-state index in [9.17, 15) is 13.2 Å². The lowest BCUT2D eigenvalue weighted by Gasteiger charge is -2.26. The van der Waals surface area contributed by atoms with E-state index in [0.29, 0.717) is 30.4 Å². The number of hydrogen-bond donors (Lipinski definition) is 0. The molecule has 0 aliphatic carbocycles. The summed E-state index contributed by atoms with van der Waals surface area (Å²) < 4.78 is 33.0. The second-order valence-corrected chi connectivity index (χ2v) is 10.6. The van der Waals surface area contributed by atoms with Gasteiger partial charge in [-0.05, 0) is 29.6 Å². The second kappa shape index (κ2) is 9.49. The Morgan fingerprint density at radius 1 is 1.29 bits per heavy atom. The number of benzene rings is 1. The maximum Gasteiger partial charge on any atom is 0.265 e. The number of nitrogens with zero attached hydrogens (tertiary/aromatic N) is 2. The van der Waals surface area contributed by atoms with Crippen LogP contribution in [-0.2, 0) is 10.0 Å². The van der Waals surface area contributed by atoms with Gasteiger partial charge in [0.05, 0.1) is 6.54 Å². The van der Waals surface area contributed by atoms with Crippen molar-refractivity contribution in [2.75, 3.05) is 44.8 Å². The number of hydrogen-bond acceptors (Lipinski definition) is 6. The molecule has 6 nitrogen and oxygen atoms in total. The summed E-state index contributed by atoms with van der Waals surface area (Å²) in [6.07, 6.45) is 0. The van der Waals surface area contributed by atoms with Crippen molar-refractivity contribution >= 4 is 50.6 Å². The molecule has 0 atom stereocenters. The second-order valence-electron chi connectivity index (χ2n) is 6.16. The van der Waals surface area contributed by atoms with Gasteiger partial charge in [-0.25, -0.2) is 8.42 Å². The Kier molecular flexibility index (Phi) is 7.27. The van der Waals surface area contributed by atoms with E-state index >= 15 is 0 Å². The van der Waals surface area contributed by atoms with Crippen molar-refractivity contribution in [2.24, 2.45) is 0 Å². The van der Waals surface area contributed by atoms with Crippen LogP contribution >= 0.6 is 34.7 Å². The number of sulfonamides is 1. The number of amides is 1. The molecule has 0 unspecified atom stereocenters. The highest BCUT2D eigenvalue weighted by atomic mass is 35.5. The molecular formula is C18H21ClN2O4S3. The largest absolute Gasteiger partial charge is 0.492 e. The molecule has 0 N–H and O–H groups in total. The zero-order valence-electron chi connectivity index (χ0n) is 15.3. The summed E-state index contributed by atoms with van der Waals surface area (Å²) >= 11 is 8.81. The van der Waals surface area contributed by atoms with Gasteiger partial charge in [0.1, 0.15) is 22.1 Å². The molecule has 1 saturated heterocycles. The van der Waals surface area contributed by atoms with E-state index in [2.05, 4.69) is 0 Å². The predicted octanol–water partition coefficient (Wildman–Crippen LogP) is 3.29. The predicted molar refractivity (Wildman–Crippen MR) is 114 cm³/mol. The first kappa shape index (κ1) is 21.4. The van der Waals surface area contributed by atoms with E-state index < -0.39 is 10.0 Å². The third kappa shape index (κ3) is 5.01. The van der Waals surface area contributed by atoms with Crippen LogP contribution in [0, 0.1) is 0 Å². The molecule has 0 bridgehead atoms. The summed E-state index contributed by atoms with van der Waals surface area (Å²) in [5.41, 5.74) is 0. The minimum Gasteiger partial charge on any atom is -0.492 e. The van der Waals surface area contributed by atoms with Crippen molar-refractivity contribution < 1.29 is 17.9 Å². The first-order chi connectivity index (χ1) is 13.4. The Balaban J connectivity index is 1.65. The van der Waals surface area contributed by atoms with E-state index in [4.69, 9.17) is 16.3 Å². The Morgan fingerprint density at radius 2 is 2.04 bits per heavy atom. The summed E-state index contributed by atoms with van der Waals surface area (Å²) in [6.45, 7) is 1.54. The summed E-state index contributed by atoms with van der Waals surface area (Å²) in [5.74, 6) is 1.84. The van der Waals surface area contributed by atoms with Gasteiger partial charge in [0.15, 0.2) is 0 Å². The highest BCUT2D eigenvalue weighted by Crippen LogP contribution is 2.28. The first-order valence-electron chi connectivity index (χ1n) is 8.69. The van der Waals surface area contributed by atoms with Crippen molar-refractivity contribution in [2.45, 2.75) is 4.90 Å². The van der Waals surface area contributed by atoms with Gasteiger partial charge in [0.25, 0.3) is 5.91 Å². The molecule has 1 aromatic carbocycles. The molecule has 0 spiro atoms. The van der Waals surface area contributed by atoms with Gasteiger partial charge in [-0.15, -0.1) is 11.3 Å². The number of rotatable bonds is 7. The van der Waals surface area contributed by atoms with Crippen molar-refractivity contribution in [1.82, 2.24) is 9.21 Å². The van der Waals surface area contributed by atoms with Crippen molar-refractivity contribution in [3.8, 4) is 5.75 Å². The third-order valence-corrected chi connectivity index (χ3v) is 8.40. The summed E-state index contributed by atoms with van der Waals surface area (Å²) in [7, 11) is -2.02. The van der Waals surface area contributed by atoms with Gasteiger partial charge in [-0.1, -0.05) is 17.7 Å². The molecule has 28 heavy (non-hydrogen) atoms. The quantitative estimate of drug-likeness (QED) is 0.634. The Bertz CT molecular complexity index is 926. The van der Waals surface area contributed by atoms with Crippen LogP contribution in [0.5, 0.6) is 5.75 Å². The Labute approximate surface area is 178 Å². The van der Waals surface area contributed by atoms with E-state index in [1.807, 2.05) is 0 Å². The number of thioether (sulfide) groups is 1. The van der Waals surface area contributed by atoms with Crippen molar-refractivity contribution in [1.29, 1.82) is 0 Å². The van der Waals surface area contributed by atoms with Crippen LogP contribution in [0.25, 0.3) is 0 Å². The number of carbonyl (C=O) groups is 1. The molecule has 3 rings (SSSR count). The van der Waals surface area contributed by atoms with Gasteiger partial charge in [-0.2, -0.15) is 16.1 Å². The molecule has 2 heterocycles. The standard InChI is InChI=1S/C18H21ClN2O4S3/c1-20(6-9-25-15-4-2-3-14(19)13-15)18(22)17-16(5-10-27-17)28(23,24)21-7-11-26-12-8-21/h2-5,10,13H,6-9,11-12H2,1H3. The summed E-state index contributed by atoms with van der Waals surface area (Å²) in [5, 5.41) is 2.22. The number of thiophene rings is 1. The Hall–Kier alpha value is -1.26. The topological polar surface area (TPSA) is 66.9 Å². The highest BCUT2D eigenvalue weighted by Gasteiger charge is 2.31. The van der Waals surface area contributed by atoms with E-state index in [1.54, 1.807) is 48.5 Å². The normalized spacial score (nSPS) is 15.4. The fourth-order valence-corrected chi connectivity index (χ4v) is 6.86. The lowest BCUT2D eigenvalue weighted by molar-refractivity contribution is 0.0775. The smallest absolute Gasteiger partial charge is 0.265 e. The van der Waals surface area contributed by atoms with E-state index in [-0.39, 0.29) is 22.3 Å². The molecule has 1 aliphatic rings. The van der Waals surface area contributed by atoms with Gasteiger partial charge in [0, 0.05) is 36.7 Å². The Morgan fingerprint density at radius 3 is 2.75 bits per heavy atom. The molecule has 1 aliphatic heterocycles. The number of likely N-dealkylation sites (N-methyl/N-ethyl adjacent to an activating group) is 1. The fourth-order valence-electron chi connectivity index (χ4n) is 2.71. The molecule has 1 amide bonds. The maximum atomic E-state index is 12.9. The minimum atomic E-state index is -3.66. The highest BCUT2D eigenvalue weighted by molar-refractivity contribution is 7.99. The van der Waals surface area contributed by atoms with Crippen LogP contribution in [0.4, 0.5) is 0 Å². The molecule has 1 fully saturated rings. The van der Waals surface area contributed by atoms with Crippen LogP contribution in [0.1, 0.15) is 9.67 Å². The molecule has 2 aromatic rings. The number of halogens is 1. The fraction of sp³-hybridized carbons (Fsp3) is 0.389. The lowest BCUT2D eigenvalue weighted by Crippen LogP contribution is -2.39. The van der Waals surface area contributed by atoms with Gasteiger partial charge in [-0.3, -0.25) is 4.79 Å². The van der Waals surface area contributed by atoms with Crippen LogP contribution in [-0.4, -0.2) is 68.3 Å². The molecule has 152 valence electrons. The molecule has 1 aromatic heterocycles. The van der Waals surface area contributed by atoms with Crippen molar-refractivity contribution in [3.63, 3.8) is 0 Å². The van der Waals surface area contributed by atoms with E-state index in [0.717, 1.165) is 22.8 Å². The number of ether oxygens (including phenoxy) is 1. The zero-order valence-corrected chi connectivity index (χ0v) is 18.5. The molecule has 0 saturated carbocycles. The summed E-state index contributed by atoms with van der Waals surface area (Å²) in [4.78, 5) is 14.6. The van der Waals surface area contributed by atoms with E-state index in [1.165, 1.54) is 15.3 Å². The van der Waals surface area contributed by atoms with Gasteiger partial charge >= 0.3 is 0 Å². The first-order valence-corrected chi connectivity index (χ1v) is 12.5. The summed E-state index contributed by atoms with van der Waals surface area (Å²) in [6, 6.07) is 8.54. The van der Waals surface area contributed by atoms with Crippen LogP contribution in [0.15, 0.2) is 40.6 Å². The monoisotopic (exact) mass is 460 g/mol. The molecule has 0 radical (unpaired) electrons. The van der Waals surface area contributed by atoms with Gasteiger partial charge in [0.2, 0.25) is 10.0 Å². The van der Waals surface area contributed by atoms with Crippen LogP contribution in [0.2, 0.25) is 5.02 Å². The average molecular weight is 461 g/mol. The van der Waals surface area contributed by atoms with Crippen LogP contribution in [0.3, 0.4) is 0 Å². The SMILES string of the molecule is CN(CCOc1cccc(Cl)c1)C(=O)c1sccc1S(=O)(=O)N1CCSCC1. The van der Waals surface area contributed by atoms with Gasteiger partial charge < -0.3 is 9.64 Å². The molecule has 10 heteroatoms. The maximum absolute atomic E-state index is 12.9. The zero-order chi connectivity index (χ0) is 20.1. The third-order valence-electron chi connectivity index (χ3n) is 4.25. The lowest BCUT2D eigenvalue weighted by atomic mass is 10.3. The van der Waals surface area contributed by atoms with Crippen molar-refractivity contribution in [3.05, 3.63) is 45.6 Å². The van der Waals surface area contributed by atoms with Crippen LogP contribution < -0.4 is 4.74 Å².